The van der Waals surface area contributed by atoms with Gasteiger partial charge in [-0.15, -0.1) is 0 Å². The number of nitrogens with zero attached hydrogens (tertiary/aromatic N) is 3. The number of aryl methyl sites for hydroxylation is 3. The third kappa shape index (κ3) is 3.69. The molecule has 0 atom stereocenters. The van der Waals surface area contributed by atoms with Crippen molar-refractivity contribution in [3.05, 3.63) is 101 Å². The number of rotatable bonds is 5. The van der Waals surface area contributed by atoms with E-state index in [9.17, 15) is 9.90 Å². The van der Waals surface area contributed by atoms with Crippen LogP contribution in [0.25, 0.3) is 27.7 Å². The maximum Gasteiger partial charge on any atom is 0.337 e. The number of nitrogens with one attached hydrogen (secondary N) is 1. The van der Waals surface area contributed by atoms with Gasteiger partial charge in [0.15, 0.2) is 0 Å². The van der Waals surface area contributed by atoms with Crippen molar-refractivity contribution in [2.45, 2.75) is 20.8 Å². The zero-order chi connectivity index (χ0) is 23.8. The third-order valence-corrected chi connectivity index (χ3v) is 6.05. The van der Waals surface area contributed by atoms with Gasteiger partial charge in [-0.25, -0.2) is 9.48 Å². The summed E-state index contributed by atoms with van der Waals surface area (Å²) in [7, 11) is 0. The minimum absolute atomic E-state index is 0.210. The predicted octanol–water partition coefficient (Wildman–Crippen LogP) is 6.45. The molecule has 5 rings (SSSR count). The molecule has 6 nitrogen and oxygen atoms in total. The highest BCUT2D eigenvalue weighted by Gasteiger charge is 2.22. The van der Waals surface area contributed by atoms with Crippen LogP contribution >= 0.6 is 0 Å². The molecule has 34 heavy (non-hydrogen) atoms. The Labute approximate surface area is 197 Å². The van der Waals surface area contributed by atoms with Crippen LogP contribution in [-0.4, -0.2) is 25.8 Å². The van der Waals surface area contributed by atoms with Crippen molar-refractivity contribution in [3.63, 3.8) is 0 Å². The van der Waals surface area contributed by atoms with Crippen LogP contribution in [0.4, 0.5) is 11.5 Å². The van der Waals surface area contributed by atoms with Crippen molar-refractivity contribution in [3.8, 4) is 16.8 Å². The molecule has 0 aliphatic carbocycles. The molecule has 0 saturated carbocycles. The Bertz CT molecular complexity index is 1550. The first-order valence-corrected chi connectivity index (χ1v) is 11.0. The van der Waals surface area contributed by atoms with E-state index < -0.39 is 5.97 Å². The molecule has 0 bridgehead atoms. The molecule has 0 unspecified atom stereocenters. The summed E-state index contributed by atoms with van der Waals surface area (Å²) in [5.41, 5.74) is 7.13. The third-order valence-electron chi connectivity index (χ3n) is 6.05. The van der Waals surface area contributed by atoms with E-state index in [0.717, 1.165) is 44.5 Å². The van der Waals surface area contributed by atoms with E-state index in [0.29, 0.717) is 11.5 Å². The zero-order valence-corrected chi connectivity index (χ0v) is 19.2. The summed E-state index contributed by atoms with van der Waals surface area (Å²) in [6.07, 6.45) is 1.78. The van der Waals surface area contributed by atoms with Gasteiger partial charge in [0, 0.05) is 17.1 Å². The Morgan fingerprint density at radius 2 is 1.71 bits per heavy atom. The van der Waals surface area contributed by atoms with Gasteiger partial charge in [-0.2, -0.15) is 5.10 Å². The lowest BCUT2D eigenvalue weighted by atomic mass is 10.0. The molecule has 6 heteroatoms. The smallest absolute Gasteiger partial charge is 0.337 e. The highest BCUT2D eigenvalue weighted by molar-refractivity contribution is 5.97. The van der Waals surface area contributed by atoms with Crippen LogP contribution in [0.2, 0.25) is 0 Å². The van der Waals surface area contributed by atoms with Gasteiger partial charge >= 0.3 is 5.97 Å². The number of hydrogen-bond acceptors (Lipinski definition) is 4. The number of anilines is 2. The van der Waals surface area contributed by atoms with Crippen LogP contribution in [0.1, 0.15) is 27.2 Å². The fraction of sp³-hybridized carbons (Fsp3) is 0.107. The van der Waals surface area contributed by atoms with Crippen molar-refractivity contribution < 1.29 is 9.90 Å². The fourth-order valence-corrected chi connectivity index (χ4v) is 4.32. The number of fused-ring (bicyclic) bond motifs is 1. The molecule has 5 aromatic rings. The van der Waals surface area contributed by atoms with Crippen molar-refractivity contribution in [2.75, 3.05) is 5.32 Å². The van der Waals surface area contributed by atoms with E-state index in [1.54, 1.807) is 18.3 Å². The van der Waals surface area contributed by atoms with E-state index >= 15 is 0 Å². The Morgan fingerprint density at radius 3 is 2.50 bits per heavy atom. The van der Waals surface area contributed by atoms with Crippen LogP contribution in [0.15, 0.2) is 79.0 Å². The van der Waals surface area contributed by atoms with Crippen LogP contribution < -0.4 is 5.32 Å². The van der Waals surface area contributed by atoms with Crippen LogP contribution in [0, 0.1) is 20.8 Å². The van der Waals surface area contributed by atoms with Crippen molar-refractivity contribution in [1.82, 2.24) is 14.8 Å². The first kappa shape index (κ1) is 21.4. The molecule has 0 spiro atoms. The molecule has 0 aliphatic rings. The lowest BCUT2D eigenvalue weighted by Crippen LogP contribution is -2.09. The number of benzene rings is 3. The Hall–Kier alpha value is -4.45. The summed E-state index contributed by atoms with van der Waals surface area (Å²) in [6, 6.07) is 23.4. The number of pyridine rings is 1. The molecular formula is C28H24N4O2. The number of aromatic carboxylic acids is 1. The number of carboxylic acids is 1. The molecule has 2 aromatic heterocycles. The lowest BCUT2D eigenvalue weighted by Gasteiger charge is -2.17. The number of para-hydroxylation sites is 2. The van der Waals surface area contributed by atoms with Crippen LogP contribution in [0.5, 0.6) is 0 Å². The highest BCUT2D eigenvalue weighted by atomic mass is 16.4. The molecule has 0 saturated heterocycles. The normalized spacial score (nSPS) is 11.0. The van der Waals surface area contributed by atoms with E-state index in [1.807, 2.05) is 80.1 Å². The molecule has 0 aliphatic heterocycles. The highest BCUT2D eigenvalue weighted by Crippen LogP contribution is 2.38. The van der Waals surface area contributed by atoms with Gasteiger partial charge in [-0.3, -0.25) is 4.98 Å². The maximum absolute atomic E-state index is 12.0. The predicted molar refractivity (Wildman–Crippen MR) is 135 cm³/mol. The molecule has 2 heterocycles. The topological polar surface area (TPSA) is 80.0 Å². The Balaban J connectivity index is 1.78. The molecule has 168 valence electrons. The summed E-state index contributed by atoms with van der Waals surface area (Å²) in [6.45, 7) is 5.90. The molecule has 2 N–H and O–H groups in total. The van der Waals surface area contributed by atoms with Crippen molar-refractivity contribution in [2.24, 2.45) is 0 Å². The zero-order valence-electron chi connectivity index (χ0n) is 19.2. The van der Waals surface area contributed by atoms with E-state index in [2.05, 4.69) is 16.4 Å². The fourth-order valence-electron chi connectivity index (χ4n) is 4.32. The molecule has 0 fully saturated rings. The largest absolute Gasteiger partial charge is 0.478 e. The van der Waals surface area contributed by atoms with E-state index in [-0.39, 0.29) is 5.56 Å². The number of aromatic nitrogens is 3. The van der Waals surface area contributed by atoms with Crippen molar-refractivity contribution >= 4 is 28.4 Å². The Morgan fingerprint density at radius 1 is 0.912 bits per heavy atom. The summed E-state index contributed by atoms with van der Waals surface area (Å²) in [4.78, 5) is 16.5. The Kier molecular flexibility index (Phi) is 5.34. The second-order valence-electron chi connectivity index (χ2n) is 8.35. The quantitative estimate of drug-likeness (QED) is 0.323. The van der Waals surface area contributed by atoms with Crippen molar-refractivity contribution in [1.29, 1.82) is 0 Å². The SMILES string of the molecule is Cc1ccccc1-n1nc(C)c(-c2ccc3cccnc3c2)c1Nc1c(C)cccc1C(=O)O. The van der Waals surface area contributed by atoms with Gasteiger partial charge in [0.2, 0.25) is 0 Å². The second kappa shape index (κ2) is 8.48. The average molecular weight is 449 g/mol. The number of hydrogen-bond donors (Lipinski definition) is 2. The summed E-state index contributed by atoms with van der Waals surface area (Å²) in [5, 5.41) is 19.2. The number of carbonyl (C=O) groups is 1. The summed E-state index contributed by atoms with van der Waals surface area (Å²) >= 11 is 0. The van der Waals surface area contributed by atoms with E-state index in [4.69, 9.17) is 5.10 Å². The number of carboxylic acid groups (broad SMARTS) is 1. The van der Waals surface area contributed by atoms with Gasteiger partial charge in [-0.05, 0) is 61.7 Å². The van der Waals surface area contributed by atoms with Gasteiger partial charge < -0.3 is 10.4 Å². The van der Waals surface area contributed by atoms with Crippen LogP contribution in [-0.2, 0) is 0 Å². The molecule has 3 aromatic carbocycles. The van der Waals surface area contributed by atoms with Gasteiger partial charge in [-0.1, -0.05) is 48.5 Å². The minimum atomic E-state index is -0.985. The minimum Gasteiger partial charge on any atom is -0.478 e. The summed E-state index contributed by atoms with van der Waals surface area (Å²) < 4.78 is 1.86. The standard InChI is InChI=1S/C28H24N4O2/c1-17-8-4-5-12-24(17)32-27(30-26-18(2)9-6-11-22(26)28(33)34)25(19(3)31-32)21-14-13-20-10-7-15-29-23(20)16-21/h4-16,30H,1-3H3,(H,33,34). The maximum atomic E-state index is 12.0. The molecule has 0 amide bonds. The second-order valence-corrected chi connectivity index (χ2v) is 8.35. The molecule has 0 radical (unpaired) electrons. The van der Waals surface area contributed by atoms with Gasteiger partial charge in [0.25, 0.3) is 0 Å². The first-order chi connectivity index (χ1) is 16.4. The van der Waals surface area contributed by atoms with Gasteiger partial charge in [0.05, 0.1) is 28.1 Å². The average Bonchev–Trinajstić information content (AvgIpc) is 3.15. The van der Waals surface area contributed by atoms with E-state index in [1.165, 1.54) is 0 Å². The summed E-state index contributed by atoms with van der Waals surface area (Å²) in [5.74, 6) is -0.278. The molecular weight excluding hydrogens is 424 g/mol. The van der Waals surface area contributed by atoms with Gasteiger partial charge in [0.1, 0.15) is 5.82 Å². The van der Waals surface area contributed by atoms with Crippen LogP contribution in [0.3, 0.4) is 0 Å². The monoisotopic (exact) mass is 448 g/mol. The first-order valence-electron chi connectivity index (χ1n) is 11.0. The lowest BCUT2D eigenvalue weighted by molar-refractivity contribution is 0.0698.